The Kier molecular flexibility index (Phi) is 6.09. The summed E-state index contributed by atoms with van der Waals surface area (Å²) in [5, 5.41) is 9.33. The Morgan fingerprint density at radius 2 is 1.67 bits per heavy atom. The van der Waals surface area contributed by atoms with E-state index in [0.717, 1.165) is 11.1 Å². The second kappa shape index (κ2) is 8.26. The van der Waals surface area contributed by atoms with Gasteiger partial charge in [0, 0.05) is 19.2 Å². The van der Waals surface area contributed by atoms with Crippen molar-refractivity contribution in [1.29, 1.82) is 0 Å². The molecule has 24 heavy (non-hydrogen) atoms. The number of benzene rings is 2. The van der Waals surface area contributed by atoms with Crippen LogP contribution in [0, 0.1) is 0 Å². The van der Waals surface area contributed by atoms with Gasteiger partial charge in [-0.15, -0.1) is 0 Å². The maximum atomic E-state index is 12.8. The summed E-state index contributed by atoms with van der Waals surface area (Å²) in [7, 11) is 1.61. The number of aliphatic carboxylic acids is 1. The molecule has 0 aromatic heterocycles. The molecule has 0 aliphatic heterocycles. The Morgan fingerprint density at radius 1 is 1.04 bits per heavy atom. The van der Waals surface area contributed by atoms with Crippen LogP contribution in [0.1, 0.15) is 28.4 Å². The molecule has 0 radical (unpaired) electrons. The van der Waals surface area contributed by atoms with E-state index in [4.69, 9.17) is 4.74 Å². The zero-order valence-corrected chi connectivity index (χ0v) is 13.8. The first kappa shape index (κ1) is 17.7. The minimum absolute atomic E-state index is 0.243. The molecule has 5 nitrogen and oxygen atoms in total. The van der Waals surface area contributed by atoms with E-state index in [0.29, 0.717) is 12.2 Å². The lowest BCUT2D eigenvalue weighted by molar-refractivity contribution is -0.141. The van der Waals surface area contributed by atoms with E-state index < -0.39 is 12.0 Å². The number of methoxy groups -OCH3 is 1. The second-order valence-electron chi connectivity index (χ2n) is 5.56. The van der Waals surface area contributed by atoms with Gasteiger partial charge in [0.2, 0.25) is 0 Å². The van der Waals surface area contributed by atoms with Crippen LogP contribution in [0.3, 0.4) is 0 Å². The van der Waals surface area contributed by atoms with Gasteiger partial charge in [-0.25, -0.2) is 4.79 Å². The monoisotopic (exact) mass is 327 g/mol. The lowest BCUT2D eigenvalue weighted by Crippen LogP contribution is -2.42. The standard InChI is InChI=1S/C19H21NO4/c1-14(19(22)23)20(12-15-6-4-3-5-7-15)18(21)17-10-8-16(9-11-17)13-24-2/h3-11,14H,12-13H2,1-2H3,(H,22,23). The van der Waals surface area contributed by atoms with Gasteiger partial charge < -0.3 is 14.7 Å². The third-order valence-electron chi connectivity index (χ3n) is 3.79. The highest BCUT2D eigenvalue weighted by atomic mass is 16.5. The van der Waals surface area contributed by atoms with Crippen LogP contribution in [0.5, 0.6) is 0 Å². The van der Waals surface area contributed by atoms with Gasteiger partial charge in [-0.05, 0) is 30.2 Å². The molecule has 0 fully saturated rings. The van der Waals surface area contributed by atoms with Gasteiger partial charge in [0.25, 0.3) is 5.91 Å². The van der Waals surface area contributed by atoms with Gasteiger partial charge >= 0.3 is 5.97 Å². The largest absolute Gasteiger partial charge is 0.480 e. The average Bonchev–Trinajstić information content (AvgIpc) is 2.60. The van der Waals surface area contributed by atoms with E-state index in [1.807, 2.05) is 42.5 Å². The highest BCUT2D eigenvalue weighted by molar-refractivity contribution is 5.96. The summed E-state index contributed by atoms with van der Waals surface area (Å²) in [5.74, 6) is -1.34. The van der Waals surface area contributed by atoms with E-state index in [1.54, 1.807) is 19.2 Å². The van der Waals surface area contributed by atoms with Gasteiger partial charge in [0.1, 0.15) is 6.04 Å². The molecule has 126 valence electrons. The molecule has 1 atom stereocenters. The van der Waals surface area contributed by atoms with Gasteiger partial charge in [-0.2, -0.15) is 0 Å². The third kappa shape index (κ3) is 4.43. The summed E-state index contributed by atoms with van der Waals surface area (Å²) >= 11 is 0. The first-order valence-electron chi connectivity index (χ1n) is 7.68. The van der Waals surface area contributed by atoms with E-state index >= 15 is 0 Å². The Morgan fingerprint density at radius 3 is 2.21 bits per heavy atom. The van der Waals surface area contributed by atoms with Gasteiger partial charge in [-0.1, -0.05) is 42.5 Å². The van der Waals surface area contributed by atoms with Crippen molar-refractivity contribution in [2.75, 3.05) is 7.11 Å². The smallest absolute Gasteiger partial charge is 0.326 e. The highest BCUT2D eigenvalue weighted by Gasteiger charge is 2.26. The molecule has 1 N–H and O–H groups in total. The van der Waals surface area contributed by atoms with Crippen molar-refractivity contribution in [3.8, 4) is 0 Å². The van der Waals surface area contributed by atoms with Crippen molar-refractivity contribution in [3.63, 3.8) is 0 Å². The molecule has 0 saturated carbocycles. The Bertz CT molecular complexity index is 682. The lowest BCUT2D eigenvalue weighted by atomic mass is 10.1. The van der Waals surface area contributed by atoms with Crippen LogP contribution in [-0.4, -0.2) is 35.0 Å². The highest BCUT2D eigenvalue weighted by Crippen LogP contribution is 2.15. The summed E-state index contributed by atoms with van der Waals surface area (Å²) in [6, 6.07) is 15.4. The normalized spacial score (nSPS) is 11.8. The quantitative estimate of drug-likeness (QED) is 0.849. The van der Waals surface area contributed by atoms with Crippen molar-refractivity contribution < 1.29 is 19.4 Å². The summed E-state index contributed by atoms with van der Waals surface area (Å²) in [6.07, 6.45) is 0. The number of carboxylic acid groups (broad SMARTS) is 1. The van der Waals surface area contributed by atoms with Crippen molar-refractivity contribution in [2.45, 2.75) is 26.1 Å². The van der Waals surface area contributed by atoms with Crippen LogP contribution in [0.2, 0.25) is 0 Å². The molecule has 2 aromatic carbocycles. The molecule has 1 unspecified atom stereocenters. The molecule has 2 rings (SSSR count). The fourth-order valence-electron chi connectivity index (χ4n) is 2.37. The van der Waals surface area contributed by atoms with Crippen LogP contribution >= 0.6 is 0 Å². The predicted octanol–water partition coefficient (Wildman–Crippen LogP) is 2.95. The van der Waals surface area contributed by atoms with Crippen LogP contribution in [0.15, 0.2) is 54.6 Å². The number of amides is 1. The molecule has 0 aliphatic carbocycles. The lowest BCUT2D eigenvalue weighted by Gasteiger charge is -2.27. The van der Waals surface area contributed by atoms with E-state index in [1.165, 1.54) is 11.8 Å². The zero-order valence-electron chi connectivity index (χ0n) is 13.8. The minimum atomic E-state index is -1.03. The Hall–Kier alpha value is -2.66. The van der Waals surface area contributed by atoms with Crippen molar-refractivity contribution in [2.24, 2.45) is 0 Å². The van der Waals surface area contributed by atoms with E-state index in [-0.39, 0.29) is 12.5 Å². The number of ether oxygens (including phenoxy) is 1. The zero-order chi connectivity index (χ0) is 17.5. The van der Waals surface area contributed by atoms with Crippen molar-refractivity contribution >= 4 is 11.9 Å². The minimum Gasteiger partial charge on any atom is -0.480 e. The van der Waals surface area contributed by atoms with Gasteiger partial charge in [0.05, 0.1) is 6.61 Å². The molecule has 0 aliphatic rings. The van der Waals surface area contributed by atoms with Gasteiger partial charge in [0.15, 0.2) is 0 Å². The summed E-state index contributed by atoms with van der Waals surface area (Å²) < 4.78 is 5.05. The molecule has 5 heteroatoms. The molecular formula is C19H21NO4. The Balaban J connectivity index is 2.25. The maximum absolute atomic E-state index is 12.8. The Labute approximate surface area is 141 Å². The number of hydrogen-bond donors (Lipinski definition) is 1. The number of carbonyl (C=O) groups is 2. The first-order valence-corrected chi connectivity index (χ1v) is 7.68. The summed E-state index contributed by atoms with van der Waals surface area (Å²) in [4.78, 5) is 25.6. The van der Waals surface area contributed by atoms with Crippen LogP contribution < -0.4 is 0 Å². The molecule has 2 aromatic rings. The second-order valence-corrected chi connectivity index (χ2v) is 5.56. The van der Waals surface area contributed by atoms with Crippen LogP contribution in [-0.2, 0) is 22.7 Å². The number of carboxylic acids is 1. The maximum Gasteiger partial charge on any atom is 0.326 e. The van der Waals surface area contributed by atoms with Crippen LogP contribution in [0.25, 0.3) is 0 Å². The average molecular weight is 327 g/mol. The fraction of sp³-hybridized carbons (Fsp3) is 0.263. The fourth-order valence-corrected chi connectivity index (χ4v) is 2.37. The van der Waals surface area contributed by atoms with E-state index in [2.05, 4.69) is 0 Å². The molecule has 0 saturated heterocycles. The molecule has 0 bridgehead atoms. The van der Waals surface area contributed by atoms with Crippen LogP contribution in [0.4, 0.5) is 0 Å². The number of carbonyl (C=O) groups excluding carboxylic acids is 1. The SMILES string of the molecule is COCc1ccc(C(=O)N(Cc2ccccc2)C(C)C(=O)O)cc1. The first-order chi connectivity index (χ1) is 11.5. The van der Waals surface area contributed by atoms with Crippen molar-refractivity contribution in [1.82, 2.24) is 4.90 Å². The third-order valence-corrected chi connectivity index (χ3v) is 3.79. The number of rotatable bonds is 7. The molecular weight excluding hydrogens is 306 g/mol. The topological polar surface area (TPSA) is 66.8 Å². The predicted molar refractivity (Wildman–Crippen MR) is 90.6 cm³/mol. The number of hydrogen-bond acceptors (Lipinski definition) is 3. The summed E-state index contributed by atoms with van der Waals surface area (Å²) in [6.45, 7) is 2.23. The molecule has 0 heterocycles. The summed E-state index contributed by atoms with van der Waals surface area (Å²) in [5.41, 5.74) is 2.30. The number of nitrogens with zero attached hydrogens (tertiary/aromatic N) is 1. The molecule has 0 spiro atoms. The van der Waals surface area contributed by atoms with Crippen molar-refractivity contribution in [3.05, 3.63) is 71.3 Å². The molecule has 1 amide bonds. The van der Waals surface area contributed by atoms with E-state index in [9.17, 15) is 14.7 Å². The van der Waals surface area contributed by atoms with Gasteiger partial charge in [-0.3, -0.25) is 4.79 Å².